The molecule has 0 aliphatic carbocycles. The molecule has 0 aliphatic rings. The number of halogens is 1. The van der Waals surface area contributed by atoms with Crippen LogP contribution in [0.1, 0.15) is 34.6 Å². The minimum Gasteiger partial charge on any atom is -0.478 e. The first-order valence-corrected chi connectivity index (χ1v) is 7.69. The van der Waals surface area contributed by atoms with Gasteiger partial charge in [0.05, 0.1) is 11.3 Å². The fraction of sp³-hybridized carbons (Fsp3) is 0.294. The summed E-state index contributed by atoms with van der Waals surface area (Å²) in [5.74, 6) is -0.931. The van der Waals surface area contributed by atoms with Crippen LogP contribution >= 0.6 is 11.6 Å². The second-order valence-electron chi connectivity index (χ2n) is 5.42. The van der Waals surface area contributed by atoms with E-state index in [1.807, 2.05) is 6.92 Å². The van der Waals surface area contributed by atoms with Gasteiger partial charge in [0.1, 0.15) is 11.3 Å². The third-order valence-electron chi connectivity index (χ3n) is 3.48. The summed E-state index contributed by atoms with van der Waals surface area (Å²) < 4.78 is 0. The number of carboxylic acid groups (broad SMARTS) is 1. The second-order valence-corrected chi connectivity index (χ2v) is 5.80. The van der Waals surface area contributed by atoms with Crippen LogP contribution in [0, 0.1) is 0 Å². The van der Waals surface area contributed by atoms with Crippen LogP contribution < -0.4 is 5.32 Å². The van der Waals surface area contributed by atoms with Gasteiger partial charge in [-0.2, -0.15) is 0 Å². The molecular formula is C17H19ClN2O3. The van der Waals surface area contributed by atoms with E-state index in [0.717, 1.165) is 12.0 Å². The molecule has 23 heavy (non-hydrogen) atoms. The van der Waals surface area contributed by atoms with Gasteiger partial charge in [0.2, 0.25) is 0 Å². The van der Waals surface area contributed by atoms with Gasteiger partial charge in [0.15, 0.2) is 0 Å². The molecule has 0 bridgehead atoms. The van der Waals surface area contributed by atoms with E-state index in [1.165, 1.54) is 0 Å². The lowest BCUT2D eigenvalue weighted by atomic mass is 10.0. The number of aliphatic hydroxyl groups excluding tert-OH is 1. The second kappa shape index (κ2) is 8.06. The summed E-state index contributed by atoms with van der Waals surface area (Å²) >= 11 is 5.81. The topological polar surface area (TPSA) is 82.5 Å². The van der Waals surface area contributed by atoms with Crippen LogP contribution in [0.4, 0.5) is 0 Å². The Morgan fingerprint density at radius 2 is 1.96 bits per heavy atom. The van der Waals surface area contributed by atoms with Gasteiger partial charge in [-0.05, 0) is 43.2 Å². The van der Waals surface area contributed by atoms with Crippen molar-refractivity contribution in [2.45, 2.75) is 25.5 Å². The number of aromatic nitrogens is 1. The van der Waals surface area contributed by atoms with Gasteiger partial charge in [-0.3, -0.25) is 0 Å². The number of pyridine rings is 1. The Labute approximate surface area is 140 Å². The van der Waals surface area contributed by atoms with E-state index in [9.17, 15) is 9.90 Å². The normalized spacial score (nSPS) is 13.5. The standard InChI is InChI=1S/C17H19ClN2O3/c1-11(9-12-5-7-13(8-6-12)17(22)23)19-10-15(21)14-3-2-4-16(18)20-14/h2-8,11,15,19,21H,9-10H2,1H3,(H,22,23)/t11-,15+/m1/s1. The van der Waals surface area contributed by atoms with Crippen molar-refractivity contribution in [3.05, 3.63) is 64.4 Å². The first-order chi connectivity index (χ1) is 11.0. The van der Waals surface area contributed by atoms with Crippen LogP contribution in [-0.2, 0) is 6.42 Å². The molecular weight excluding hydrogens is 316 g/mol. The molecule has 3 N–H and O–H groups in total. The largest absolute Gasteiger partial charge is 0.478 e. The fourth-order valence-electron chi connectivity index (χ4n) is 2.24. The minimum absolute atomic E-state index is 0.125. The van der Waals surface area contributed by atoms with Gasteiger partial charge < -0.3 is 15.5 Å². The highest BCUT2D eigenvalue weighted by Crippen LogP contribution is 2.13. The quantitative estimate of drug-likeness (QED) is 0.678. The summed E-state index contributed by atoms with van der Waals surface area (Å²) in [6.07, 6.45) is 0.000755. The molecule has 5 nitrogen and oxygen atoms in total. The van der Waals surface area contributed by atoms with Crippen molar-refractivity contribution in [3.63, 3.8) is 0 Å². The van der Waals surface area contributed by atoms with E-state index in [-0.39, 0.29) is 11.6 Å². The van der Waals surface area contributed by atoms with Gasteiger partial charge in [0, 0.05) is 12.6 Å². The third kappa shape index (κ3) is 5.32. The lowest BCUT2D eigenvalue weighted by Crippen LogP contribution is -2.32. The van der Waals surface area contributed by atoms with E-state index in [4.69, 9.17) is 16.7 Å². The van der Waals surface area contributed by atoms with Gasteiger partial charge in [-0.15, -0.1) is 0 Å². The Balaban J connectivity index is 1.84. The van der Waals surface area contributed by atoms with Crippen molar-refractivity contribution in [2.75, 3.05) is 6.54 Å². The zero-order valence-electron chi connectivity index (χ0n) is 12.7. The number of hydrogen-bond acceptors (Lipinski definition) is 4. The highest BCUT2D eigenvalue weighted by Gasteiger charge is 2.12. The van der Waals surface area contributed by atoms with Crippen LogP contribution in [0.2, 0.25) is 5.15 Å². The molecule has 6 heteroatoms. The van der Waals surface area contributed by atoms with Crippen molar-refractivity contribution in [3.8, 4) is 0 Å². The van der Waals surface area contributed by atoms with Crippen molar-refractivity contribution < 1.29 is 15.0 Å². The Kier molecular flexibility index (Phi) is 6.10. The summed E-state index contributed by atoms with van der Waals surface area (Å²) in [7, 11) is 0. The summed E-state index contributed by atoms with van der Waals surface area (Å²) in [6.45, 7) is 2.37. The van der Waals surface area contributed by atoms with Gasteiger partial charge >= 0.3 is 5.97 Å². The number of aliphatic hydroxyl groups is 1. The van der Waals surface area contributed by atoms with E-state index in [1.54, 1.807) is 42.5 Å². The first-order valence-electron chi connectivity index (χ1n) is 7.32. The number of benzene rings is 1. The maximum atomic E-state index is 10.8. The van der Waals surface area contributed by atoms with Crippen LogP contribution in [0.5, 0.6) is 0 Å². The molecule has 0 spiro atoms. The summed E-state index contributed by atoms with van der Waals surface area (Å²) in [5, 5.41) is 22.6. The molecule has 0 fully saturated rings. The highest BCUT2D eigenvalue weighted by molar-refractivity contribution is 6.29. The predicted octanol–water partition coefficient (Wildman–Crippen LogP) is 2.69. The number of aromatic carboxylic acids is 1. The average Bonchev–Trinajstić information content (AvgIpc) is 2.53. The van der Waals surface area contributed by atoms with Gasteiger partial charge in [-0.1, -0.05) is 29.8 Å². The maximum Gasteiger partial charge on any atom is 0.335 e. The predicted molar refractivity (Wildman–Crippen MR) is 88.8 cm³/mol. The molecule has 1 aromatic heterocycles. The summed E-state index contributed by atoms with van der Waals surface area (Å²) in [5.41, 5.74) is 1.84. The summed E-state index contributed by atoms with van der Waals surface area (Å²) in [4.78, 5) is 14.9. The third-order valence-corrected chi connectivity index (χ3v) is 3.69. The number of carboxylic acids is 1. The van der Waals surface area contributed by atoms with Crippen molar-refractivity contribution in [1.29, 1.82) is 0 Å². The number of nitrogens with zero attached hydrogens (tertiary/aromatic N) is 1. The van der Waals surface area contributed by atoms with E-state index in [2.05, 4.69) is 10.3 Å². The Morgan fingerprint density at radius 3 is 2.57 bits per heavy atom. The van der Waals surface area contributed by atoms with E-state index >= 15 is 0 Å². The number of carbonyl (C=O) groups is 1. The Morgan fingerprint density at radius 1 is 1.26 bits per heavy atom. The smallest absolute Gasteiger partial charge is 0.335 e. The Bertz CT molecular complexity index is 661. The molecule has 2 aromatic rings. The van der Waals surface area contributed by atoms with Crippen LogP contribution in [-0.4, -0.2) is 33.8 Å². The van der Waals surface area contributed by atoms with Gasteiger partial charge in [-0.25, -0.2) is 9.78 Å². The molecule has 2 rings (SSSR count). The van der Waals surface area contributed by atoms with E-state index in [0.29, 0.717) is 17.4 Å². The fourth-order valence-corrected chi connectivity index (χ4v) is 2.41. The molecule has 0 radical (unpaired) electrons. The number of nitrogens with one attached hydrogen (secondary N) is 1. The van der Waals surface area contributed by atoms with Gasteiger partial charge in [0.25, 0.3) is 0 Å². The maximum absolute atomic E-state index is 10.8. The minimum atomic E-state index is -0.931. The molecule has 122 valence electrons. The molecule has 0 saturated carbocycles. The molecule has 0 unspecified atom stereocenters. The average molecular weight is 335 g/mol. The molecule has 1 heterocycles. The first kappa shape index (κ1) is 17.4. The van der Waals surface area contributed by atoms with E-state index < -0.39 is 12.1 Å². The van der Waals surface area contributed by atoms with Crippen molar-refractivity contribution in [1.82, 2.24) is 10.3 Å². The van der Waals surface area contributed by atoms with Crippen LogP contribution in [0.15, 0.2) is 42.5 Å². The summed E-state index contributed by atoms with van der Waals surface area (Å²) in [6, 6.07) is 12.1. The lowest BCUT2D eigenvalue weighted by molar-refractivity contribution is 0.0697. The van der Waals surface area contributed by atoms with Crippen LogP contribution in [0.3, 0.4) is 0 Å². The lowest BCUT2D eigenvalue weighted by Gasteiger charge is -2.17. The monoisotopic (exact) mass is 334 g/mol. The molecule has 0 aliphatic heterocycles. The Hall–Kier alpha value is -1.95. The van der Waals surface area contributed by atoms with Crippen molar-refractivity contribution >= 4 is 17.6 Å². The number of hydrogen-bond donors (Lipinski definition) is 3. The zero-order valence-corrected chi connectivity index (χ0v) is 13.5. The molecule has 1 aromatic carbocycles. The molecule has 0 saturated heterocycles. The van der Waals surface area contributed by atoms with Crippen LogP contribution in [0.25, 0.3) is 0 Å². The molecule has 2 atom stereocenters. The van der Waals surface area contributed by atoms with Crippen molar-refractivity contribution in [2.24, 2.45) is 0 Å². The zero-order chi connectivity index (χ0) is 16.8. The number of rotatable bonds is 7. The molecule has 0 amide bonds. The highest BCUT2D eigenvalue weighted by atomic mass is 35.5. The SMILES string of the molecule is C[C@H](Cc1ccc(C(=O)O)cc1)NC[C@H](O)c1cccc(Cl)n1.